The predicted octanol–water partition coefficient (Wildman–Crippen LogP) is 3.56. The molecule has 3 heterocycles. The molecule has 2 N–H and O–H groups in total. The second-order valence-electron chi connectivity index (χ2n) is 7.75. The number of carbonyl (C=O) groups excluding carboxylic acids is 1. The minimum absolute atomic E-state index is 0.135. The molecule has 0 saturated carbocycles. The van der Waals surface area contributed by atoms with E-state index in [2.05, 4.69) is 21.4 Å². The maximum Gasteiger partial charge on any atom is 0.384 e. The van der Waals surface area contributed by atoms with Crippen LogP contribution in [0.25, 0.3) is 22.2 Å². The fourth-order valence-electron chi connectivity index (χ4n) is 3.99. The maximum absolute atomic E-state index is 12.0. The zero-order chi connectivity index (χ0) is 22.1. The molecule has 0 unspecified atom stereocenters. The molecule has 8 nitrogen and oxygen atoms in total. The molecule has 1 fully saturated rings. The van der Waals surface area contributed by atoms with E-state index in [1.54, 1.807) is 12.1 Å². The van der Waals surface area contributed by atoms with E-state index in [4.69, 9.17) is 0 Å². The molecule has 5 rings (SSSR count). The number of nitrogens with zero attached hydrogens (tertiary/aromatic N) is 4. The lowest BCUT2D eigenvalue weighted by Gasteiger charge is -2.16. The number of rotatable bonds is 5. The summed E-state index contributed by atoms with van der Waals surface area (Å²) in [6.45, 7) is 1.43. The largest absolute Gasteiger partial charge is 0.422 e. The Bertz CT molecular complexity index is 1380. The lowest BCUT2D eigenvalue weighted by molar-refractivity contribution is -0.128. The summed E-state index contributed by atoms with van der Waals surface area (Å²) < 4.78 is 0.438. The summed E-state index contributed by atoms with van der Waals surface area (Å²) in [4.78, 5) is 33.9. The molecule has 0 aliphatic carbocycles. The summed E-state index contributed by atoms with van der Waals surface area (Å²) in [6.07, 6.45) is 3.05. The van der Waals surface area contributed by atoms with E-state index in [0.29, 0.717) is 28.9 Å². The van der Waals surface area contributed by atoms with Crippen LogP contribution in [0.4, 0.5) is 11.5 Å². The zero-order valence-electron chi connectivity index (χ0n) is 17.2. The second-order valence-corrected chi connectivity index (χ2v) is 7.75. The minimum Gasteiger partial charge on any atom is -0.422 e. The Labute approximate surface area is 183 Å². The average molecular weight is 427 g/mol. The van der Waals surface area contributed by atoms with Gasteiger partial charge in [-0.3, -0.25) is 4.79 Å². The van der Waals surface area contributed by atoms with Gasteiger partial charge >= 0.3 is 5.69 Å². The number of aromatic nitrogens is 3. The SMILES string of the molecule is O=C1CCCN1Cc1cccc(-c2cccc(Nc3nc(=O)n(O)c4ncccc34)c2)c1. The van der Waals surface area contributed by atoms with E-state index in [1.807, 2.05) is 47.4 Å². The van der Waals surface area contributed by atoms with Crippen molar-refractivity contribution in [2.75, 3.05) is 11.9 Å². The number of benzene rings is 2. The Morgan fingerprint density at radius 2 is 1.81 bits per heavy atom. The smallest absolute Gasteiger partial charge is 0.384 e. The van der Waals surface area contributed by atoms with E-state index in [0.717, 1.165) is 35.3 Å². The molecule has 0 atom stereocenters. The van der Waals surface area contributed by atoms with Gasteiger partial charge in [0, 0.05) is 31.4 Å². The van der Waals surface area contributed by atoms with Crippen molar-refractivity contribution in [1.82, 2.24) is 19.6 Å². The van der Waals surface area contributed by atoms with E-state index >= 15 is 0 Å². The standard InChI is InChI=1S/C24H21N5O3/c30-21-10-4-12-28(21)15-16-5-1-6-17(13-16)18-7-2-8-19(14-18)26-22-20-9-3-11-25-23(20)29(32)24(31)27-22/h1-3,5-9,11,13-14,32H,4,10,12,15H2,(H,26,27,31). The van der Waals surface area contributed by atoms with Crippen molar-refractivity contribution in [1.29, 1.82) is 0 Å². The van der Waals surface area contributed by atoms with Gasteiger partial charge in [-0.05, 0) is 53.4 Å². The summed E-state index contributed by atoms with van der Waals surface area (Å²) in [5.74, 6) is 0.530. The molecule has 2 aromatic carbocycles. The van der Waals surface area contributed by atoms with Gasteiger partial charge in [-0.1, -0.05) is 30.3 Å². The van der Waals surface area contributed by atoms with Crippen LogP contribution in [0.3, 0.4) is 0 Å². The average Bonchev–Trinajstić information content (AvgIpc) is 3.22. The van der Waals surface area contributed by atoms with Crippen molar-refractivity contribution in [2.24, 2.45) is 0 Å². The maximum atomic E-state index is 12.0. The van der Waals surface area contributed by atoms with Crippen LogP contribution in [-0.4, -0.2) is 37.3 Å². The van der Waals surface area contributed by atoms with Gasteiger partial charge in [0.1, 0.15) is 5.82 Å². The van der Waals surface area contributed by atoms with Crippen LogP contribution in [-0.2, 0) is 11.3 Å². The van der Waals surface area contributed by atoms with E-state index in [-0.39, 0.29) is 11.6 Å². The Morgan fingerprint density at radius 3 is 2.62 bits per heavy atom. The number of carbonyl (C=O) groups is 1. The second kappa shape index (κ2) is 8.14. The van der Waals surface area contributed by atoms with Crippen molar-refractivity contribution in [3.8, 4) is 11.1 Å². The first kappa shape index (κ1) is 19.7. The number of hydrogen-bond acceptors (Lipinski definition) is 6. The molecule has 1 aliphatic rings. The van der Waals surface area contributed by atoms with Crippen LogP contribution in [0, 0.1) is 0 Å². The number of amides is 1. The van der Waals surface area contributed by atoms with Gasteiger partial charge in [0.05, 0.1) is 5.39 Å². The van der Waals surface area contributed by atoms with Gasteiger partial charge in [-0.2, -0.15) is 4.98 Å². The molecule has 2 aromatic heterocycles. The Kier molecular flexibility index (Phi) is 5.03. The van der Waals surface area contributed by atoms with Gasteiger partial charge in [0.2, 0.25) is 5.91 Å². The third-order valence-corrected chi connectivity index (χ3v) is 5.56. The monoisotopic (exact) mass is 427 g/mol. The lowest BCUT2D eigenvalue weighted by Crippen LogP contribution is -2.23. The number of likely N-dealkylation sites (tertiary alicyclic amines) is 1. The van der Waals surface area contributed by atoms with Crippen LogP contribution < -0.4 is 11.0 Å². The van der Waals surface area contributed by atoms with Crippen molar-refractivity contribution in [2.45, 2.75) is 19.4 Å². The molecule has 0 spiro atoms. The fourth-order valence-corrected chi connectivity index (χ4v) is 3.99. The number of fused-ring (bicyclic) bond motifs is 1. The van der Waals surface area contributed by atoms with Crippen molar-refractivity contribution in [3.63, 3.8) is 0 Å². The molecule has 0 bridgehead atoms. The van der Waals surface area contributed by atoms with Gasteiger partial charge in [-0.15, -0.1) is 4.73 Å². The molecule has 0 radical (unpaired) electrons. The molecule has 32 heavy (non-hydrogen) atoms. The van der Waals surface area contributed by atoms with Gasteiger partial charge in [-0.25, -0.2) is 9.78 Å². The highest BCUT2D eigenvalue weighted by atomic mass is 16.5. The molecule has 1 aliphatic heterocycles. The van der Waals surface area contributed by atoms with E-state index < -0.39 is 5.69 Å². The van der Waals surface area contributed by atoms with Crippen molar-refractivity contribution >= 4 is 28.4 Å². The first-order chi connectivity index (χ1) is 15.6. The number of hydrogen-bond donors (Lipinski definition) is 2. The van der Waals surface area contributed by atoms with Gasteiger partial charge in [0.15, 0.2) is 5.65 Å². The van der Waals surface area contributed by atoms with Crippen LogP contribution in [0.2, 0.25) is 0 Å². The van der Waals surface area contributed by atoms with Crippen molar-refractivity contribution in [3.05, 3.63) is 82.9 Å². The van der Waals surface area contributed by atoms with E-state index in [1.165, 1.54) is 6.20 Å². The number of anilines is 2. The number of nitrogens with one attached hydrogen (secondary N) is 1. The Morgan fingerprint density at radius 1 is 1.00 bits per heavy atom. The normalized spacial score (nSPS) is 13.6. The Balaban J connectivity index is 1.44. The van der Waals surface area contributed by atoms with Gasteiger partial charge < -0.3 is 15.4 Å². The quantitative estimate of drug-likeness (QED) is 0.473. The van der Waals surface area contributed by atoms with Crippen LogP contribution in [0.15, 0.2) is 71.7 Å². The molecule has 1 saturated heterocycles. The zero-order valence-corrected chi connectivity index (χ0v) is 17.2. The van der Waals surface area contributed by atoms with E-state index in [9.17, 15) is 14.8 Å². The first-order valence-corrected chi connectivity index (χ1v) is 10.4. The highest BCUT2D eigenvalue weighted by Gasteiger charge is 2.20. The molecule has 8 heteroatoms. The summed E-state index contributed by atoms with van der Waals surface area (Å²) in [7, 11) is 0. The molecule has 4 aromatic rings. The van der Waals surface area contributed by atoms with Crippen LogP contribution in [0.5, 0.6) is 0 Å². The summed E-state index contributed by atoms with van der Waals surface area (Å²) in [6, 6.07) is 19.4. The molecule has 160 valence electrons. The van der Waals surface area contributed by atoms with Crippen LogP contribution in [0.1, 0.15) is 18.4 Å². The predicted molar refractivity (Wildman–Crippen MR) is 121 cm³/mol. The van der Waals surface area contributed by atoms with Crippen LogP contribution >= 0.6 is 0 Å². The molecular formula is C24H21N5O3. The summed E-state index contributed by atoms with van der Waals surface area (Å²) >= 11 is 0. The highest BCUT2D eigenvalue weighted by molar-refractivity contribution is 5.88. The lowest BCUT2D eigenvalue weighted by atomic mass is 10.0. The van der Waals surface area contributed by atoms with Crippen molar-refractivity contribution < 1.29 is 10.0 Å². The molecular weight excluding hydrogens is 406 g/mol. The minimum atomic E-state index is -0.806. The summed E-state index contributed by atoms with van der Waals surface area (Å²) in [5, 5.41) is 13.6. The highest BCUT2D eigenvalue weighted by Crippen LogP contribution is 2.27. The third-order valence-electron chi connectivity index (χ3n) is 5.56. The topological polar surface area (TPSA) is 100 Å². The summed E-state index contributed by atoms with van der Waals surface area (Å²) in [5.41, 5.74) is 3.18. The van der Waals surface area contributed by atoms with Gasteiger partial charge in [0.25, 0.3) is 0 Å². The fraction of sp³-hybridized carbons (Fsp3) is 0.167. The molecule has 1 amide bonds. The first-order valence-electron chi connectivity index (χ1n) is 10.4. The Hall–Kier alpha value is -4.20. The third kappa shape index (κ3) is 3.78. The number of pyridine rings is 1.